The van der Waals surface area contributed by atoms with Crippen molar-refractivity contribution < 1.29 is 19.0 Å². The Morgan fingerprint density at radius 1 is 1.04 bits per heavy atom. The Morgan fingerprint density at radius 2 is 1.73 bits per heavy atom. The summed E-state index contributed by atoms with van der Waals surface area (Å²) < 4.78 is 15.8. The molecule has 9 nitrogen and oxygen atoms in total. The number of nitrogens with one attached hydrogen (secondary N) is 3. The van der Waals surface area contributed by atoms with Gasteiger partial charge in [-0.15, -0.1) is 0 Å². The van der Waals surface area contributed by atoms with Gasteiger partial charge in [0.15, 0.2) is 23.0 Å². The Bertz CT molecular complexity index is 928. The van der Waals surface area contributed by atoms with Gasteiger partial charge in [0, 0.05) is 17.8 Å². The molecule has 0 unspecified atom stereocenters. The van der Waals surface area contributed by atoms with Gasteiger partial charge < -0.3 is 19.5 Å². The van der Waals surface area contributed by atoms with Crippen LogP contribution in [0, 0.1) is 6.92 Å². The third-order valence-electron chi connectivity index (χ3n) is 3.72. The maximum atomic E-state index is 12.3. The van der Waals surface area contributed by atoms with E-state index in [1.807, 2.05) is 19.1 Å². The Labute approximate surface area is 149 Å². The van der Waals surface area contributed by atoms with E-state index >= 15 is 0 Å². The maximum absolute atomic E-state index is 12.3. The molecule has 0 bridgehead atoms. The number of H-pyrrole nitrogens is 1. The highest BCUT2D eigenvalue weighted by Gasteiger charge is 2.15. The van der Waals surface area contributed by atoms with Crippen LogP contribution in [0.25, 0.3) is 11.0 Å². The van der Waals surface area contributed by atoms with Crippen LogP contribution in [0.5, 0.6) is 17.2 Å². The van der Waals surface area contributed by atoms with Gasteiger partial charge in [0.1, 0.15) is 0 Å². The molecule has 3 aromatic rings. The topological polar surface area (TPSA) is 110 Å². The number of hydrogen-bond donors (Lipinski definition) is 3. The number of nitrogens with zero attached hydrogens (tertiary/aromatic N) is 2. The molecule has 2 aromatic heterocycles. The van der Waals surface area contributed by atoms with Crippen LogP contribution in [-0.4, -0.2) is 42.5 Å². The van der Waals surface area contributed by atoms with Crippen molar-refractivity contribution in [2.45, 2.75) is 6.92 Å². The molecule has 0 saturated heterocycles. The molecular formula is C17H19N5O4. The molecule has 0 spiro atoms. The van der Waals surface area contributed by atoms with Crippen LogP contribution >= 0.6 is 0 Å². The molecule has 0 aliphatic heterocycles. The predicted molar refractivity (Wildman–Crippen MR) is 97.4 cm³/mol. The van der Waals surface area contributed by atoms with Crippen molar-refractivity contribution in [3.63, 3.8) is 0 Å². The van der Waals surface area contributed by atoms with Crippen molar-refractivity contribution >= 4 is 28.6 Å². The molecule has 1 aromatic carbocycles. The Hall–Kier alpha value is -3.49. The second kappa shape index (κ2) is 7.18. The minimum Gasteiger partial charge on any atom is -0.493 e. The number of pyridine rings is 1. The summed E-state index contributed by atoms with van der Waals surface area (Å²) in [5.74, 6) is 1.71. The zero-order valence-electron chi connectivity index (χ0n) is 14.8. The minimum absolute atomic E-state index is 0.387. The van der Waals surface area contributed by atoms with Gasteiger partial charge in [-0.25, -0.2) is 9.78 Å². The van der Waals surface area contributed by atoms with Crippen molar-refractivity contribution in [3.8, 4) is 17.2 Å². The fraction of sp³-hybridized carbons (Fsp3) is 0.235. The Morgan fingerprint density at radius 3 is 2.35 bits per heavy atom. The molecule has 0 aliphatic rings. The molecule has 0 saturated carbocycles. The number of anilines is 2. The van der Waals surface area contributed by atoms with Crippen molar-refractivity contribution in [1.82, 2.24) is 15.2 Å². The van der Waals surface area contributed by atoms with Crippen LogP contribution in [0.4, 0.5) is 16.3 Å². The number of rotatable bonds is 5. The van der Waals surface area contributed by atoms with Crippen molar-refractivity contribution in [2.24, 2.45) is 0 Å². The van der Waals surface area contributed by atoms with Gasteiger partial charge in [-0.3, -0.25) is 10.4 Å². The summed E-state index contributed by atoms with van der Waals surface area (Å²) in [4.78, 5) is 16.7. The van der Waals surface area contributed by atoms with Gasteiger partial charge in [0.05, 0.1) is 32.4 Å². The highest BCUT2D eigenvalue weighted by atomic mass is 16.5. The number of carbonyl (C=O) groups excluding carboxylic acids is 1. The zero-order chi connectivity index (χ0) is 18.7. The van der Waals surface area contributed by atoms with E-state index in [0.29, 0.717) is 34.4 Å². The second-order valence-corrected chi connectivity index (χ2v) is 5.41. The summed E-state index contributed by atoms with van der Waals surface area (Å²) in [6.45, 7) is 1.88. The van der Waals surface area contributed by atoms with Gasteiger partial charge in [-0.2, -0.15) is 5.10 Å². The van der Waals surface area contributed by atoms with Crippen LogP contribution in [0.2, 0.25) is 0 Å². The molecule has 0 radical (unpaired) electrons. The third-order valence-corrected chi connectivity index (χ3v) is 3.72. The van der Waals surface area contributed by atoms with E-state index < -0.39 is 6.03 Å². The standard InChI is InChI=1S/C17H19N5O4/c1-9-5-6-11-15(18-9)21-22-16(11)20-17(23)19-10-7-12(24-2)14(26-4)13(8-10)25-3/h5-8H,1-4H3,(H3,18,19,20,21,22,23). The maximum Gasteiger partial charge on any atom is 0.324 e. The first kappa shape index (κ1) is 17.3. The van der Waals surface area contributed by atoms with Crippen LogP contribution in [0.1, 0.15) is 5.69 Å². The highest BCUT2D eigenvalue weighted by Crippen LogP contribution is 2.39. The monoisotopic (exact) mass is 357 g/mol. The van der Waals surface area contributed by atoms with Crippen molar-refractivity contribution in [2.75, 3.05) is 32.0 Å². The molecule has 3 N–H and O–H groups in total. The van der Waals surface area contributed by atoms with E-state index in [-0.39, 0.29) is 0 Å². The van der Waals surface area contributed by atoms with Gasteiger partial charge in [0.2, 0.25) is 5.75 Å². The molecule has 2 amide bonds. The van der Waals surface area contributed by atoms with Crippen molar-refractivity contribution in [1.29, 1.82) is 0 Å². The molecule has 136 valence electrons. The number of urea groups is 1. The lowest BCUT2D eigenvalue weighted by atomic mass is 10.2. The summed E-state index contributed by atoms with van der Waals surface area (Å²) in [5, 5.41) is 13.0. The number of carbonyl (C=O) groups is 1. The van der Waals surface area contributed by atoms with Gasteiger partial charge in [0.25, 0.3) is 0 Å². The first-order valence-electron chi connectivity index (χ1n) is 7.75. The number of aromatic nitrogens is 3. The van der Waals surface area contributed by atoms with Gasteiger partial charge in [-0.1, -0.05) is 0 Å². The summed E-state index contributed by atoms with van der Waals surface area (Å²) >= 11 is 0. The molecule has 0 atom stereocenters. The number of hydrogen-bond acceptors (Lipinski definition) is 6. The predicted octanol–water partition coefficient (Wildman–Crippen LogP) is 2.94. The van der Waals surface area contributed by atoms with Crippen LogP contribution in [0.3, 0.4) is 0 Å². The lowest BCUT2D eigenvalue weighted by Crippen LogP contribution is -2.20. The lowest BCUT2D eigenvalue weighted by Gasteiger charge is -2.14. The lowest BCUT2D eigenvalue weighted by molar-refractivity contribution is 0.262. The number of aromatic amines is 1. The summed E-state index contributed by atoms with van der Waals surface area (Å²) in [6, 6.07) is 6.49. The average Bonchev–Trinajstić information content (AvgIpc) is 3.02. The molecule has 0 aliphatic carbocycles. The van der Waals surface area contributed by atoms with Crippen molar-refractivity contribution in [3.05, 3.63) is 30.0 Å². The number of fused-ring (bicyclic) bond motifs is 1. The van der Waals surface area contributed by atoms with Gasteiger partial charge in [-0.05, 0) is 19.1 Å². The second-order valence-electron chi connectivity index (χ2n) is 5.41. The normalized spacial score (nSPS) is 10.5. The van der Waals surface area contributed by atoms with Crippen LogP contribution in [0.15, 0.2) is 24.3 Å². The average molecular weight is 357 g/mol. The SMILES string of the molecule is COc1cc(NC(=O)Nc2n[nH]c3nc(C)ccc23)cc(OC)c1OC. The third kappa shape index (κ3) is 3.32. The molecule has 2 heterocycles. The van der Waals surface area contributed by atoms with Crippen LogP contribution < -0.4 is 24.8 Å². The number of amides is 2. The summed E-state index contributed by atoms with van der Waals surface area (Å²) in [5.41, 5.74) is 1.94. The Balaban J connectivity index is 1.81. The van der Waals surface area contributed by atoms with Crippen LogP contribution in [-0.2, 0) is 0 Å². The first-order valence-corrected chi connectivity index (χ1v) is 7.75. The Kier molecular flexibility index (Phi) is 4.78. The van der Waals surface area contributed by atoms with E-state index in [0.717, 1.165) is 11.1 Å². The smallest absolute Gasteiger partial charge is 0.324 e. The van der Waals surface area contributed by atoms with E-state index in [9.17, 15) is 4.79 Å². The molecule has 3 rings (SSSR count). The molecule has 0 fully saturated rings. The number of ether oxygens (including phenoxy) is 3. The fourth-order valence-electron chi connectivity index (χ4n) is 2.52. The van der Waals surface area contributed by atoms with E-state index in [2.05, 4.69) is 25.8 Å². The first-order chi connectivity index (χ1) is 12.5. The number of methoxy groups -OCH3 is 3. The number of aryl methyl sites for hydroxylation is 1. The quantitative estimate of drug-likeness (QED) is 0.647. The zero-order valence-corrected chi connectivity index (χ0v) is 14.8. The minimum atomic E-state index is -0.465. The van der Waals surface area contributed by atoms with Gasteiger partial charge >= 0.3 is 6.03 Å². The van der Waals surface area contributed by atoms with E-state index in [1.165, 1.54) is 21.3 Å². The molecule has 26 heavy (non-hydrogen) atoms. The highest BCUT2D eigenvalue weighted by molar-refractivity contribution is 6.04. The van der Waals surface area contributed by atoms with E-state index in [4.69, 9.17) is 14.2 Å². The summed E-state index contributed by atoms with van der Waals surface area (Å²) in [6.07, 6.45) is 0. The fourth-order valence-corrected chi connectivity index (χ4v) is 2.52. The summed E-state index contributed by atoms with van der Waals surface area (Å²) in [7, 11) is 4.52. The van der Waals surface area contributed by atoms with E-state index in [1.54, 1.807) is 12.1 Å². The molecular weight excluding hydrogens is 338 g/mol. The largest absolute Gasteiger partial charge is 0.493 e. The number of benzene rings is 1. The molecule has 9 heteroatoms.